The van der Waals surface area contributed by atoms with Gasteiger partial charge in [0.25, 0.3) is 0 Å². The summed E-state index contributed by atoms with van der Waals surface area (Å²) < 4.78 is 0. The highest BCUT2D eigenvalue weighted by Crippen LogP contribution is 2.30. The summed E-state index contributed by atoms with van der Waals surface area (Å²) in [7, 11) is 1.85. The van der Waals surface area contributed by atoms with E-state index in [-0.39, 0.29) is 0 Å². The largest absolute Gasteiger partial charge is 0.301 e. The van der Waals surface area contributed by atoms with E-state index < -0.39 is 0 Å². The van der Waals surface area contributed by atoms with Gasteiger partial charge in [0.1, 0.15) is 0 Å². The quantitative estimate of drug-likeness (QED) is 0.419. The van der Waals surface area contributed by atoms with Crippen molar-refractivity contribution in [3.05, 3.63) is 0 Å². The first-order chi connectivity index (χ1) is 4.93. The molecule has 1 saturated carbocycles. The molecule has 0 aromatic rings. The third-order valence-corrected chi connectivity index (χ3v) is 2.35. The Labute approximate surface area is 63.5 Å². The molecule has 0 aromatic carbocycles. The molecule has 1 aliphatic carbocycles. The smallest absolute Gasteiger partial charge is 0.0273 e. The average molecular weight is 139 g/mol. The number of rotatable bonds is 4. The van der Waals surface area contributed by atoms with Crippen molar-refractivity contribution < 1.29 is 0 Å². The Morgan fingerprint density at radius 1 is 1.50 bits per heavy atom. The molecule has 1 heteroatoms. The van der Waals surface area contributed by atoms with Crippen LogP contribution in [0.4, 0.5) is 0 Å². The van der Waals surface area contributed by atoms with Crippen LogP contribution in [0.3, 0.4) is 0 Å². The van der Waals surface area contributed by atoms with E-state index in [1.165, 1.54) is 38.5 Å². The zero-order valence-electron chi connectivity index (χ0n) is 6.84. The first-order valence-corrected chi connectivity index (χ1v) is 4.34. The van der Waals surface area contributed by atoms with Crippen LogP contribution in [-0.4, -0.2) is 13.3 Å². The lowest BCUT2D eigenvalue weighted by Crippen LogP contribution is -2.10. The third kappa shape index (κ3) is 2.51. The molecule has 0 aromatic heterocycles. The van der Waals surface area contributed by atoms with E-state index in [4.69, 9.17) is 0 Å². The van der Waals surface area contributed by atoms with E-state index >= 15 is 0 Å². The van der Waals surface area contributed by atoms with Crippen LogP contribution in [0, 0.1) is 5.92 Å². The topological polar surface area (TPSA) is 12.4 Å². The Bertz CT molecular complexity index is 103. The van der Waals surface area contributed by atoms with Crippen LogP contribution in [-0.2, 0) is 0 Å². The Balaban J connectivity index is 1.85. The molecular weight excluding hydrogens is 122 g/mol. The molecule has 0 N–H and O–H groups in total. The van der Waals surface area contributed by atoms with Crippen LogP contribution in [0.1, 0.15) is 38.5 Å². The van der Waals surface area contributed by atoms with Crippen LogP contribution in [0.5, 0.6) is 0 Å². The minimum atomic E-state index is 1.07. The molecule has 0 amide bonds. The summed E-state index contributed by atoms with van der Waals surface area (Å²) in [5.74, 6) is 1.07. The van der Waals surface area contributed by atoms with Crippen LogP contribution in [0.25, 0.3) is 0 Å². The Morgan fingerprint density at radius 3 is 2.80 bits per heavy atom. The predicted molar refractivity (Wildman–Crippen MR) is 45.6 cm³/mol. The van der Waals surface area contributed by atoms with Gasteiger partial charge in [0, 0.05) is 7.05 Å². The van der Waals surface area contributed by atoms with Gasteiger partial charge in [0.2, 0.25) is 0 Å². The van der Waals surface area contributed by atoms with Crippen molar-refractivity contribution in [1.29, 1.82) is 0 Å². The molecule has 1 nitrogen and oxygen atoms in total. The van der Waals surface area contributed by atoms with Gasteiger partial charge < -0.3 is 4.99 Å². The van der Waals surface area contributed by atoms with E-state index in [2.05, 4.69) is 4.99 Å². The summed E-state index contributed by atoms with van der Waals surface area (Å²) in [5.41, 5.74) is 0. The lowest BCUT2D eigenvalue weighted by atomic mass is 9.82. The highest BCUT2D eigenvalue weighted by molar-refractivity contribution is 5.56. The molecular formula is C9H17N. The van der Waals surface area contributed by atoms with Gasteiger partial charge in [-0.2, -0.15) is 0 Å². The normalized spacial score (nSPS) is 19.7. The zero-order chi connectivity index (χ0) is 7.23. The minimum absolute atomic E-state index is 1.07. The Kier molecular flexibility index (Phi) is 3.48. The predicted octanol–water partition coefficient (Wildman–Crippen LogP) is 2.66. The molecule has 0 atom stereocenters. The molecule has 0 radical (unpaired) electrons. The summed E-state index contributed by atoms with van der Waals surface area (Å²) in [6.45, 7) is 0. The lowest BCUT2D eigenvalue weighted by molar-refractivity contribution is 0.292. The third-order valence-electron chi connectivity index (χ3n) is 2.35. The van der Waals surface area contributed by atoms with Crippen molar-refractivity contribution in [2.24, 2.45) is 10.9 Å². The fraction of sp³-hybridized carbons (Fsp3) is 0.889. The second kappa shape index (κ2) is 4.48. The maximum Gasteiger partial charge on any atom is 0.0273 e. The molecule has 1 aliphatic rings. The molecule has 0 saturated heterocycles. The summed E-state index contributed by atoms with van der Waals surface area (Å²) in [4.78, 5) is 3.95. The van der Waals surface area contributed by atoms with Crippen molar-refractivity contribution in [2.45, 2.75) is 38.5 Å². The van der Waals surface area contributed by atoms with Crippen molar-refractivity contribution >= 4 is 6.21 Å². The van der Waals surface area contributed by atoms with Gasteiger partial charge in [-0.3, -0.25) is 0 Å². The van der Waals surface area contributed by atoms with Crippen molar-refractivity contribution in [3.63, 3.8) is 0 Å². The number of hydrogen-bond acceptors (Lipinski definition) is 1. The second-order valence-electron chi connectivity index (χ2n) is 3.17. The van der Waals surface area contributed by atoms with Gasteiger partial charge >= 0.3 is 0 Å². The molecule has 0 bridgehead atoms. The molecule has 0 aliphatic heterocycles. The maximum absolute atomic E-state index is 3.95. The Hall–Kier alpha value is -0.330. The highest BCUT2D eigenvalue weighted by atomic mass is 14.6. The first kappa shape index (κ1) is 7.77. The molecule has 10 heavy (non-hydrogen) atoms. The van der Waals surface area contributed by atoms with E-state index in [0.29, 0.717) is 0 Å². The molecule has 0 heterocycles. The van der Waals surface area contributed by atoms with Gasteiger partial charge in [-0.25, -0.2) is 0 Å². The lowest BCUT2D eigenvalue weighted by Gasteiger charge is -2.24. The van der Waals surface area contributed by atoms with Gasteiger partial charge in [-0.05, 0) is 25.0 Å². The Morgan fingerprint density at radius 2 is 2.30 bits per heavy atom. The van der Waals surface area contributed by atoms with Crippen LogP contribution in [0.15, 0.2) is 4.99 Å². The SMILES string of the molecule is CN=CCCCC1CCC1. The molecule has 1 fully saturated rings. The summed E-state index contributed by atoms with van der Waals surface area (Å²) in [6.07, 6.45) is 10.5. The fourth-order valence-electron chi connectivity index (χ4n) is 1.41. The summed E-state index contributed by atoms with van der Waals surface area (Å²) in [5, 5.41) is 0. The van der Waals surface area contributed by atoms with E-state index in [9.17, 15) is 0 Å². The zero-order valence-corrected chi connectivity index (χ0v) is 6.84. The minimum Gasteiger partial charge on any atom is -0.301 e. The van der Waals surface area contributed by atoms with Gasteiger partial charge in [0.05, 0.1) is 0 Å². The van der Waals surface area contributed by atoms with Crippen LogP contribution in [0.2, 0.25) is 0 Å². The number of aliphatic imine (C=N–C) groups is 1. The first-order valence-electron chi connectivity index (χ1n) is 4.34. The number of unbranched alkanes of at least 4 members (excludes halogenated alkanes) is 1. The van der Waals surface area contributed by atoms with E-state index in [1.807, 2.05) is 13.3 Å². The van der Waals surface area contributed by atoms with Gasteiger partial charge in [0.15, 0.2) is 0 Å². The van der Waals surface area contributed by atoms with Crippen LogP contribution < -0.4 is 0 Å². The summed E-state index contributed by atoms with van der Waals surface area (Å²) in [6, 6.07) is 0. The number of hydrogen-bond donors (Lipinski definition) is 0. The number of nitrogens with zero attached hydrogens (tertiary/aromatic N) is 1. The highest BCUT2D eigenvalue weighted by Gasteiger charge is 2.15. The van der Waals surface area contributed by atoms with Gasteiger partial charge in [-0.1, -0.05) is 25.7 Å². The molecule has 0 unspecified atom stereocenters. The second-order valence-corrected chi connectivity index (χ2v) is 3.17. The monoisotopic (exact) mass is 139 g/mol. The maximum atomic E-state index is 3.95. The van der Waals surface area contributed by atoms with Crippen molar-refractivity contribution in [3.8, 4) is 0 Å². The molecule has 1 rings (SSSR count). The van der Waals surface area contributed by atoms with Crippen molar-refractivity contribution in [2.75, 3.05) is 7.05 Å². The fourth-order valence-corrected chi connectivity index (χ4v) is 1.41. The summed E-state index contributed by atoms with van der Waals surface area (Å²) >= 11 is 0. The average Bonchev–Trinajstić information content (AvgIpc) is 1.84. The molecule has 0 spiro atoms. The standard InChI is InChI=1S/C9H17N/c1-10-8-3-2-5-9-6-4-7-9/h8-9H,2-7H2,1H3. The van der Waals surface area contributed by atoms with E-state index in [1.54, 1.807) is 0 Å². The van der Waals surface area contributed by atoms with Crippen LogP contribution >= 0.6 is 0 Å². The molecule has 58 valence electrons. The van der Waals surface area contributed by atoms with Gasteiger partial charge in [-0.15, -0.1) is 0 Å². The van der Waals surface area contributed by atoms with Crippen molar-refractivity contribution in [1.82, 2.24) is 0 Å². The van der Waals surface area contributed by atoms with E-state index in [0.717, 1.165) is 5.92 Å².